The summed E-state index contributed by atoms with van der Waals surface area (Å²) < 4.78 is 123. The lowest BCUT2D eigenvalue weighted by atomic mass is 9.93. The van der Waals surface area contributed by atoms with E-state index in [2.05, 4.69) is 45.3 Å². The Kier molecular flexibility index (Phi) is 15.8. The first-order valence-electron chi connectivity index (χ1n) is 17.3. The number of halogens is 11. The molecule has 60 heavy (non-hydrogen) atoms. The number of hydrogen-bond donors (Lipinski definition) is 5. The maximum Gasteiger partial charge on any atom is 0.490 e. The lowest BCUT2D eigenvalue weighted by molar-refractivity contribution is -0.193. The molecule has 330 valence electrons. The van der Waals surface area contributed by atoms with Crippen LogP contribution in [0.5, 0.6) is 0 Å². The molecule has 1 amide bonds. The van der Waals surface area contributed by atoms with Crippen molar-refractivity contribution in [3.05, 3.63) is 65.4 Å². The van der Waals surface area contributed by atoms with E-state index < -0.39 is 42.4 Å². The first kappa shape index (κ1) is 48.6. The molecule has 0 saturated carbocycles. The van der Waals surface area contributed by atoms with Gasteiger partial charge in [-0.3, -0.25) is 9.69 Å². The number of pyridine rings is 1. The van der Waals surface area contributed by atoms with Crippen LogP contribution in [0.4, 0.5) is 59.8 Å². The topological polar surface area (TPSA) is 190 Å². The molecular weight excluding hydrogens is 837 g/mol. The number of aliphatic carboxylic acids is 3. The molecule has 3 aliphatic rings. The summed E-state index contributed by atoms with van der Waals surface area (Å²) in [6, 6.07) is 14.2. The van der Waals surface area contributed by atoms with Crippen LogP contribution >= 0.6 is 0 Å². The first-order chi connectivity index (χ1) is 27.6. The normalized spacial score (nSPS) is 16.7. The number of carboxylic acids is 3. The van der Waals surface area contributed by atoms with Gasteiger partial charge in [-0.2, -0.15) is 39.5 Å². The Labute approximate surface area is 333 Å². The highest BCUT2D eigenvalue weighted by Gasteiger charge is 2.40. The van der Waals surface area contributed by atoms with Gasteiger partial charge in [0, 0.05) is 80.8 Å². The Bertz CT molecular complexity index is 1960. The minimum atomic E-state index is -5.08. The number of likely N-dealkylation sites (N-methyl/N-ethyl adjacent to an activating group) is 1. The molecule has 0 unspecified atom stereocenters. The number of piperazine rings is 1. The highest BCUT2D eigenvalue weighted by molar-refractivity contribution is 5.97. The van der Waals surface area contributed by atoms with Crippen LogP contribution in [-0.2, 0) is 27.3 Å². The second-order valence-electron chi connectivity index (χ2n) is 13.4. The predicted octanol–water partition coefficient (Wildman–Crippen LogP) is 5.78. The number of fused-ring (bicyclic) bond motifs is 1. The third kappa shape index (κ3) is 14.2. The Morgan fingerprint density at radius 3 is 1.80 bits per heavy atom. The van der Waals surface area contributed by atoms with Gasteiger partial charge in [0.15, 0.2) is 0 Å². The number of likely N-dealkylation sites (tertiary alicyclic amines) is 1. The number of amides is 1. The van der Waals surface area contributed by atoms with E-state index in [-0.39, 0.29) is 18.9 Å². The predicted molar refractivity (Wildman–Crippen MR) is 191 cm³/mol. The van der Waals surface area contributed by atoms with Gasteiger partial charge in [0.2, 0.25) is 0 Å². The lowest BCUT2D eigenvalue weighted by Crippen LogP contribution is -2.45. The van der Waals surface area contributed by atoms with Crippen LogP contribution in [0.25, 0.3) is 22.3 Å². The molecule has 2 fully saturated rings. The fraction of sp³-hybridized carbons (Fsp3) is 0.417. The molecule has 13 nitrogen and oxygen atoms in total. The highest BCUT2D eigenvalue weighted by atomic mass is 19.4. The molecule has 1 aromatic heterocycles. The standard InChI is InChI=1S/C30H34F2N6O.3C2HF3O2/c1-36-10-12-38(13-11-36)27-5-3-20(14-24(27)18-37-9-7-30(31,32)19-37)23-16-26(28(33)35-17-23)21-2-4-25-22(15-21)6-8-34-29(25)39;3*3-2(4,5)1(6)7/h2-5,14-17H,6-13,18-19H2,1H3,(H2,33,35)(H,34,39);3*(H,6,7). The van der Waals surface area contributed by atoms with Crippen LogP contribution in [0.1, 0.15) is 27.9 Å². The van der Waals surface area contributed by atoms with Gasteiger partial charge in [-0.15, -0.1) is 0 Å². The van der Waals surface area contributed by atoms with Gasteiger partial charge < -0.3 is 36.2 Å². The van der Waals surface area contributed by atoms with Crippen molar-refractivity contribution in [3.63, 3.8) is 0 Å². The molecule has 2 aromatic carbocycles. The summed E-state index contributed by atoms with van der Waals surface area (Å²) in [5.41, 5.74) is 13.8. The summed E-state index contributed by atoms with van der Waals surface area (Å²) in [6.45, 7) is 5.04. The maximum atomic E-state index is 14.0. The zero-order valence-corrected chi connectivity index (χ0v) is 31.2. The van der Waals surface area contributed by atoms with Crippen molar-refractivity contribution in [3.8, 4) is 22.3 Å². The number of carboxylic acid groups (broad SMARTS) is 3. The molecule has 0 radical (unpaired) electrons. The van der Waals surface area contributed by atoms with Crippen LogP contribution in [0, 0.1) is 0 Å². The van der Waals surface area contributed by atoms with E-state index in [0.29, 0.717) is 31.0 Å². The van der Waals surface area contributed by atoms with E-state index >= 15 is 0 Å². The molecule has 0 atom stereocenters. The van der Waals surface area contributed by atoms with E-state index in [0.717, 1.165) is 71.7 Å². The molecular formula is C36H37F11N6O7. The molecule has 0 bridgehead atoms. The van der Waals surface area contributed by atoms with E-state index in [1.165, 1.54) is 0 Å². The quantitative estimate of drug-likeness (QED) is 0.195. The SMILES string of the molecule is CN1CCN(c2ccc(-c3cnc(N)c(-c4ccc5c(c4)CCNC5=O)c3)cc2CN2CCC(F)(F)C2)CC1.O=C(O)C(F)(F)F.O=C(O)C(F)(F)F.O=C(O)C(F)(F)F. The Morgan fingerprint density at radius 2 is 1.30 bits per heavy atom. The fourth-order valence-electron chi connectivity index (χ4n) is 5.89. The Balaban J connectivity index is 0.000000377. The van der Waals surface area contributed by atoms with Gasteiger partial charge in [0.25, 0.3) is 11.8 Å². The molecule has 4 heterocycles. The van der Waals surface area contributed by atoms with E-state index in [4.69, 9.17) is 35.4 Å². The summed E-state index contributed by atoms with van der Waals surface area (Å²) in [7, 11) is 2.12. The lowest BCUT2D eigenvalue weighted by Gasteiger charge is -2.36. The largest absolute Gasteiger partial charge is 0.490 e. The average Bonchev–Trinajstić information content (AvgIpc) is 3.49. The Morgan fingerprint density at radius 1 is 0.767 bits per heavy atom. The molecule has 3 aromatic rings. The van der Waals surface area contributed by atoms with Crippen LogP contribution in [0.15, 0.2) is 48.7 Å². The van der Waals surface area contributed by atoms with E-state index in [1.54, 1.807) is 6.20 Å². The average molecular weight is 875 g/mol. The number of anilines is 2. The zero-order valence-electron chi connectivity index (χ0n) is 31.2. The van der Waals surface area contributed by atoms with Crippen molar-refractivity contribution >= 4 is 35.3 Å². The van der Waals surface area contributed by atoms with Crippen molar-refractivity contribution in [1.29, 1.82) is 0 Å². The van der Waals surface area contributed by atoms with Crippen LogP contribution in [0.2, 0.25) is 0 Å². The Hall–Kier alpha value is -5.78. The third-order valence-corrected chi connectivity index (χ3v) is 8.89. The number of carbonyl (C=O) groups is 4. The number of nitrogens with one attached hydrogen (secondary N) is 1. The smallest absolute Gasteiger partial charge is 0.475 e. The highest BCUT2D eigenvalue weighted by Crippen LogP contribution is 2.36. The monoisotopic (exact) mass is 874 g/mol. The maximum absolute atomic E-state index is 14.0. The zero-order chi connectivity index (χ0) is 45.4. The van der Waals surface area contributed by atoms with E-state index in [1.807, 2.05) is 29.2 Å². The van der Waals surface area contributed by atoms with Crippen molar-refractivity contribution < 1.29 is 82.8 Å². The number of nitrogens with two attached hydrogens (primary N) is 1. The first-order valence-corrected chi connectivity index (χ1v) is 17.3. The molecule has 3 aliphatic heterocycles. The molecule has 6 N–H and O–H groups in total. The van der Waals surface area contributed by atoms with Crippen LogP contribution < -0.4 is 16.0 Å². The van der Waals surface area contributed by atoms with Gasteiger partial charge in [0.1, 0.15) is 5.82 Å². The van der Waals surface area contributed by atoms with Gasteiger partial charge in [-0.05, 0) is 60.0 Å². The summed E-state index contributed by atoms with van der Waals surface area (Å²) in [6.07, 6.45) is -12.8. The summed E-state index contributed by atoms with van der Waals surface area (Å²) in [5.74, 6) is -10.5. The fourth-order valence-corrected chi connectivity index (χ4v) is 5.89. The number of nitrogens with zero attached hydrogens (tertiary/aromatic N) is 4. The van der Waals surface area contributed by atoms with Crippen LogP contribution in [0.3, 0.4) is 0 Å². The van der Waals surface area contributed by atoms with Gasteiger partial charge in [0.05, 0.1) is 6.54 Å². The minimum Gasteiger partial charge on any atom is -0.475 e. The number of alkyl halides is 11. The van der Waals surface area contributed by atoms with E-state index in [9.17, 15) is 53.1 Å². The number of carbonyl (C=O) groups excluding carboxylic acids is 1. The number of hydrogen-bond acceptors (Lipinski definition) is 9. The number of benzene rings is 2. The molecule has 2 saturated heterocycles. The van der Waals surface area contributed by atoms with Crippen molar-refractivity contribution in [2.45, 2.75) is 43.8 Å². The van der Waals surface area contributed by atoms with Gasteiger partial charge >= 0.3 is 36.4 Å². The van der Waals surface area contributed by atoms with Crippen LogP contribution in [-0.4, -0.2) is 131 Å². The second kappa shape index (κ2) is 19.5. The molecule has 6 rings (SSSR count). The van der Waals surface area contributed by atoms with Gasteiger partial charge in [-0.1, -0.05) is 18.2 Å². The molecule has 0 spiro atoms. The third-order valence-electron chi connectivity index (χ3n) is 8.89. The molecule has 0 aliphatic carbocycles. The van der Waals surface area contributed by atoms with Crippen molar-refractivity contribution in [2.75, 3.05) is 63.5 Å². The van der Waals surface area contributed by atoms with Crippen molar-refractivity contribution in [1.82, 2.24) is 20.1 Å². The van der Waals surface area contributed by atoms with Gasteiger partial charge in [-0.25, -0.2) is 28.1 Å². The number of rotatable bonds is 5. The minimum absolute atomic E-state index is 0.0496. The number of nitrogen functional groups attached to an aromatic ring is 1. The summed E-state index contributed by atoms with van der Waals surface area (Å²) in [5, 5.41) is 24.3. The second-order valence-corrected chi connectivity index (χ2v) is 13.4. The number of aromatic nitrogens is 1. The summed E-state index contributed by atoms with van der Waals surface area (Å²) >= 11 is 0. The summed E-state index contributed by atoms with van der Waals surface area (Å²) in [4.78, 5) is 49.9. The molecule has 24 heteroatoms. The van der Waals surface area contributed by atoms with Crippen molar-refractivity contribution in [2.24, 2.45) is 0 Å².